The van der Waals surface area contributed by atoms with Gasteiger partial charge in [0, 0.05) is 20.1 Å². The summed E-state index contributed by atoms with van der Waals surface area (Å²) in [5.41, 5.74) is 0. The van der Waals surface area contributed by atoms with Gasteiger partial charge in [-0.25, -0.2) is 0 Å². The lowest BCUT2D eigenvalue weighted by molar-refractivity contribution is -0.138. The Morgan fingerprint density at radius 1 is 0.240 bits per heavy atom. The van der Waals surface area contributed by atoms with Crippen molar-refractivity contribution in [1.82, 2.24) is 5.32 Å². The molecule has 448 valence electrons. The van der Waals surface area contributed by atoms with E-state index in [-0.39, 0.29) is 18.7 Å². The fraction of sp³-hybridized carbons (Fsp3) is 0.959. The van der Waals surface area contributed by atoms with Crippen LogP contribution in [0, 0.1) is 0 Å². The van der Waals surface area contributed by atoms with Gasteiger partial charge in [0.25, 0.3) is 0 Å². The van der Waals surface area contributed by atoms with Gasteiger partial charge in [0.1, 0.15) is 0 Å². The molecular weight excluding hydrogens is 1000 g/mol. The quantitative estimate of drug-likeness (QED) is 0.0757. The van der Waals surface area contributed by atoms with Crippen LogP contribution in [0.1, 0.15) is 12.8 Å². The van der Waals surface area contributed by atoms with E-state index >= 15 is 0 Å². The molecule has 0 unspecified atom stereocenters. The number of rotatable bonds is 69. The van der Waals surface area contributed by atoms with Crippen LogP contribution < -0.4 is 5.32 Å². The Morgan fingerprint density at radius 3 is 0.533 bits per heavy atom. The maximum atomic E-state index is 11.4. The molecule has 2 N–H and O–H groups in total. The molecule has 0 rings (SSSR count). The summed E-state index contributed by atoms with van der Waals surface area (Å²) in [6.07, 6.45) is -0.228. The highest BCUT2D eigenvalue weighted by Gasteiger charge is 2.05. The summed E-state index contributed by atoms with van der Waals surface area (Å²) >= 11 is 0. The van der Waals surface area contributed by atoms with Crippen molar-refractivity contribution in [3.05, 3.63) is 0 Å². The number of nitrogens with one attached hydrogen (secondary N) is 1. The first-order valence-corrected chi connectivity index (χ1v) is 26.3. The van der Waals surface area contributed by atoms with Gasteiger partial charge in [0.05, 0.1) is 291 Å². The van der Waals surface area contributed by atoms with Crippen molar-refractivity contribution in [3.63, 3.8) is 0 Å². The first-order chi connectivity index (χ1) is 37.2. The van der Waals surface area contributed by atoms with Crippen LogP contribution in [0.4, 0.5) is 0 Å². The van der Waals surface area contributed by atoms with Gasteiger partial charge >= 0.3 is 5.97 Å². The van der Waals surface area contributed by atoms with E-state index in [4.69, 9.17) is 109 Å². The predicted octanol–water partition coefficient (Wildman–Crippen LogP) is -0.0376. The number of carboxylic acid groups (broad SMARTS) is 1. The molecule has 0 bridgehead atoms. The zero-order valence-corrected chi connectivity index (χ0v) is 45.3. The van der Waals surface area contributed by atoms with Gasteiger partial charge < -0.3 is 115 Å². The molecule has 0 fully saturated rings. The minimum atomic E-state index is -1.00. The molecule has 26 heteroatoms. The Kier molecular flexibility index (Phi) is 66.4. The number of hydrogen-bond acceptors (Lipinski definition) is 24. The molecule has 26 nitrogen and oxygen atoms in total. The molecule has 0 aromatic rings. The molecule has 0 heterocycles. The summed E-state index contributed by atoms with van der Waals surface area (Å²) < 4.78 is 120. The minimum Gasteiger partial charge on any atom is -0.481 e. The van der Waals surface area contributed by atoms with E-state index in [1.54, 1.807) is 7.11 Å². The molecule has 0 radical (unpaired) electrons. The van der Waals surface area contributed by atoms with E-state index in [0.29, 0.717) is 291 Å². The molecular formula is C49H97NO25. The van der Waals surface area contributed by atoms with E-state index in [9.17, 15) is 9.59 Å². The van der Waals surface area contributed by atoms with Crippen molar-refractivity contribution in [3.8, 4) is 0 Å². The number of carboxylic acids is 1. The number of aliphatic carboxylic acids is 1. The highest BCUT2D eigenvalue weighted by Crippen LogP contribution is 1.92. The Bertz CT molecular complexity index is 1090. The third-order valence-electron chi connectivity index (χ3n) is 9.01. The van der Waals surface area contributed by atoms with Gasteiger partial charge in [0.15, 0.2) is 0 Å². The molecule has 0 saturated carbocycles. The van der Waals surface area contributed by atoms with Crippen molar-refractivity contribution < 1.29 is 119 Å². The summed E-state index contributed by atoms with van der Waals surface area (Å²) in [6, 6.07) is 0. The summed E-state index contributed by atoms with van der Waals surface area (Å²) in [5, 5.41) is 11.1. The summed E-state index contributed by atoms with van der Waals surface area (Å²) in [7, 11) is 1.64. The lowest BCUT2D eigenvalue weighted by Crippen LogP contribution is -2.27. The van der Waals surface area contributed by atoms with Crippen LogP contribution in [0.25, 0.3) is 0 Å². The van der Waals surface area contributed by atoms with E-state index in [0.717, 1.165) is 0 Å². The Balaban J connectivity index is 3.09. The zero-order chi connectivity index (χ0) is 53.9. The van der Waals surface area contributed by atoms with E-state index < -0.39 is 5.97 Å². The average molecular weight is 1100 g/mol. The third kappa shape index (κ3) is 70.0. The van der Waals surface area contributed by atoms with Crippen molar-refractivity contribution in [2.75, 3.05) is 298 Å². The first kappa shape index (κ1) is 73.1. The molecule has 1 amide bonds. The topological polar surface area (TPSA) is 269 Å². The van der Waals surface area contributed by atoms with Gasteiger partial charge in [-0.05, 0) is 0 Å². The molecule has 0 saturated heterocycles. The third-order valence-corrected chi connectivity index (χ3v) is 9.01. The molecule has 75 heavy (non-hydrogen) atoms. The van der Waals surface area contributed by atoms with Crippen LogP contribution in [0.2, 0.25) is 0 Å². The van der Waals surface area contributed by atoms with Crippen molar-refractivity contribution >= 4 is 11.9 Å². The van der Waals surface area contributed by atoms with Crippen LogP contribution in [0.3, 0.4) is 0 Å². The normalized spacial score (nSPS) is 11.6. The molecule has 0 aliphatic rings. The minimum absolute atomic E-state index is 0.0414. The van der Waals surface area contributed by atoms with Crippen LogP contribution in [-0.4, -0.2) is 315 Å². The molecule has 0 atom stereocenters. The average Bonchev–Trinajstić information content (AvgIpc) is 3.41. The first-order valence-electron chi connectivity index (χ1n) is 26.3. The monoisotopic (exact) mass is 1100 g/mol. The van der Waals surface area contributed by atoms with Crippen LogP contribution >= 0.6 is 0 Å². The van der Waals surface area contributed by atoms with Gasteiger partial charge in [0.2, 0.25) is 5.91 Å². The molecule has 0 aliphatic heterocycles. The lowest BCUT2D eigenvalue weighted by Gasteiger charge is -2.09. The van der Waals surface area contributed by atoms with Gasteiger partial charge in [-0.15, -0.1) is 0 Å². The van der Waals surface area contributed by atoms with E-state index in [2.05, 4.69) is 5.32 Å². The van der Waals surface area contributed by atoms with Gasteiger partial charge in [-0.3, -0.25) is 9.59 Å². The smallest absolute Gasteiger partial charge is 0.303 e. The SMILES string of the molecule is COCCOCCOCCOCCOCCOCCOCCOCCOCCOCCOCCOCCOCCOCCOCCOCCOCCOCCOCCOCCOCCOCCNC(=O)CCC(=O)O. The van der Waals surface area contributed by atoms with Gasteiger partial charge in [-0.1, -0.05) is 0 Å². The molecule has 0 aromatic carbocycles. The predicted molar refractivity (Wildman–Crippen MR) is 269 cm³/mol. The van der Waals surface area contributed by atoms with Crippen LogP contribution in [0.5, 0.6) is 0 Å². The summed E-state index contributed by atoms with van der Waals surface area (Å²) in [4.78, 5) is 21.8. The summed E-state index contributed by atoms with van der Waals surface area (Å²) in [6.45, 7) is 21.0. The summed E-state index contributed by atoms with van der Waals surface area (Å²) in [5.74, 6) is -1.31. The van der Waals surface area contributed by atoms with Crippen molar-refractivity contribution in [2.24, 2.45) is 0 Å². The standard InChI is InChI=1S/C49H97NO25/c1-54-6-7-56-10-11-58-14-15-60-18-19-62-22-23-64-26-27-66-30-31-68-34-35-70-38-39-72-42-43-74-46-47-75-45-44-73-41-40-71-37-36-69-33-32-67-29-28-65-25-24-63-21-20-61-17-16-59-13-12-57-9-8-55-5-4-50-48(51)2-3-49(52)53/h2-47H2,1H3,(H,50,51)(H,52,53). The molecule has 0 aromatic heterocycles. The van der Waals surface area contributed by atoms with Crippen LogP contribution in [-0.2, 0) is 114 Å². The lowest BCUT2D eigenvalue weighted by atomic mass is 10.3. The van der Waals surface area contributed by atoms with Gasteiger partial charge in [-0.2, -0.15) is 0 Å². The zero-order valence-electron chi connectivity index (χ0n) is 45.3. The number of methoxy groups -OCH3 is 1. The highest BCUT2D eigenvalue weighted by molar-refractivity contribution is 5.80. The second kappa shape index (κ2) is 68.2. The van der Waals surface area contributed by atoms with Crippen molar-refractivity contribution in [1.29, 1.82) is 0 Å². The number of carbonyl (C=O) groups is 2. The van der Waals surface area contributed by atoms with E-state index in [1.807, 2.05) is 0 Å². The van der Waals surface area contributed by atoms with Crippen LogP contribution in [0.15, 0.2) is 0 Å². The van der Waals surface area contributed by atoms with Crippen molar-refractivity contribution in [2.45, 2.75) is 12.8 Å². The maximum Gasteiger partial charge on any atom is 0.303 e. The Morgan fingerprint density at radius 2 is 0.387 bits per heavy atom. The number of carbonyl (C=O) groups excluding carboxylic acids is 1. The fourth-order valence-electron chi connectivity index (χ4n) is 5.21. The molecule has 0 aliphatic carbocycles. The number of amides is 1. The fourth-order valence-corrected chi connectivity index (χ4v) is 5.21. The second-order valence-electron chi connectivity index (χ2n) is 15.1. The molecule has 0 spiro atoms. The second-order valence-corrected chi connectivity index (χ2v) is 15.1. The highest BCUT2D eigenvalue weighted by atomic mass is 16.6. The Labute approximate surface area is 445 Å². The number of hydrogen-bond donors (Lipinski definition) is 2. The number of ether oxygens (including phenoxy) is 22. The van der Waals surface area contributed by atoms with E-state index in [1.165, 1.54) is 0 Å². The Hall–Kier alpha value is -1.94. The largest absolute Gasteiger partial charge is 0.481 e. The maximum absolute atomic E-state index is 11.4.